The molecule has 1 atom stereocenters. The summed E-state index contributed by atoms with van der Waals surface area (Å²) >= 11 is 5.90. The van der Waals surface area contributed by atoms with Gasteiger partial charge in [0.1, 0.15) is 0 Å². The molecule has 1 N–H and O–H groups in total. The van der Waals surface area contributed by atoms with Gasteiger partial charge in [-0.1, -0.05) is 11.6 Å². The number of hydrogen-bond acceptors (Lipinski definition) is 3. The smallest absolute Gasteiger partial charge is 0.253 e. The van der Waals surface area contributed by atoms with Crippen molar-refractivity contribution >= 4 is 35.8 Å². The Hall–Kier alpha value is -1.30. The molecule has 0 aromatic heterocycles. The number of rotatable bonds is 4. The maximum absolute atomic E-state index is 12.9. The lowest BCUT2D eigenvalue weighted by atomic mass is 9.92. The lowest BCUT2D eigenvalue weighted by Gasteiger charge is -2.38. The number of carbonyl (C=O) groups is 2. The Morgan fingerprint density at radius 1 is 1.07 bits per heavy atom. The number of carbonyl (C=O) groups excluding carboxylic acids is 2. The molecule has 5 nitrogen and oxygen atoms in total. The van der Waals surface area contributed by atoms with Crippen LogP contribution in [0.1, 0.15) is 36.0 Å². The second-order valence-corrected chi connectivity index (χ2v) is 7.86. The Bertz CT molecular complexity index is 631. The van der Waals surface area contributed by atoms with Crippen molar-refractivity contribution in [2.75, 3.05) is 39.8 Å². The van der Waals surface area contributed by atoms with Crippen LogP contribution in [-0.4, -0.2) is 61.4 Å². The minimum atomic E-state index is -0.0687. The number of nitrogens with one attached hydrogen (secondary N) is 1. The Balaban J connectivity index is 0.00000261. The van der Waals surface area contributed by atoms with Crippen LogP contribution < -0.4 is 5.32 Å². The van der Waals surface area contributed by atoms with Gasteiger partial charge in [-0.3, -0.25) is 9.59 Å². The van der Waals surface area contributed by atoms with E-state index in [1.807, 2.05) is 16.8 Å². The SMILES string of the molecule is CNCC1CCN(C(=O)C2CCCN(C(=O)c3ccc(Cl)cc3)C2)CC1.Cl. The molecule has 150 valence electrons. The van der Waals surface area contributed by atoms with Gasteiger partial charge in [0.15, 0.2) is 0 Å². The van der Waals surface area contributed by atoms with Gasteiger partial charge in [0.25, 0.3) is 5.91 Å². The van der Waals surface area contributed by atoms with Crippen molar-refractivity contribution in [1.82, 2.24) is 15.1 Å². The van der Waals surface area contributed by atoms with Gasteiger partial charge in [-0.15, -0.1) is 12.4 Å². The van der Waals surface area contributed by atoms with Gasteiger partial charge in [-0.2, -0.15) is 0 Å². The fourth-order valence-electron chi connectivity index (χ4n) is 4.04. The minimum absolute atomic E-state index is 0. The Morgan fingerprint density at radius 2 is 1.74 bits per heavy atom. The second kappa shape index (κ2) is 10.3. The summed E-state index contributed by atoms with van der Waals surface area (Å²) in [6, 6.07) is 6.97. The Labute approximate surface area is 172 Å². The normalized spacial score (nSPS) is 20.9. The maximum Gasteiger partial charge on any atom is 0.253 e. The fraction of sp³-hybridized carbons (Fsp3) is 0.600. The van der Waals surface area contributed by atoms with Crippen molar-refractivity contribution < 1.29 is 9.59 Å². The van der Waals surface area contributed by atoms with Crippen LogP contribution >= 0.6 is 24.0 Å². The highest BCUT2D eigenvalue weighted by Crippen LogP contribution is 2.24. The third kappa shape index (κ3) is 5.59. The van der Waals surface area contributed by atoms with Crippen LogP contribution in [0, 0.1) is 11.8 Å². The first-order valence-electron chi connectivity index (χ1n) is 9.56. The van der Waals surface area contributed by atoms with Crippen LogP contribution in [0.15, 0.2) is 24.3 Å². The lowest BCUT2D eigenvalue weighted by Crippen LogP contribution is -2.49. The van der Waals surface area contributed by atoms with Gasteiger partial charge < -0.3 is 15.1 Å². The topological polar surface area (TPSA) is 52.7 Å². The van der Waals surface area contributed by atoms with E-state index in [0.717, 1.165) is 51.9 Å². The third-order valence-corrected chi connectivity index (χ3v) is 5.82. The Kier molecular flexibility index (Phi) is 8.39. The first-order valence-corrected chi connectivity index (χ1v) is 9.94. The monoisotopic (exact) mass is 413 g/mol. The van der Waals surface area contributed by atoms with Gasteiger partial charge >= 0.3 is 0 Å². The van der Waals surface area contributed by atoms with Gasteiger partial charge in [0.2, 0.25) is 5.91 Å². The van der Waals surface area contributed by atoms with Crippen LogP contribution in [0.4, 0.5) is 0 Å². The van der Waals surface area contributed by atoms with E-state index in [1.54, 1.807) is 24.3 Å². The van der Waals surface area contributed by atoms with Crippen LogP contribution in [0.3, 0.4) is 0 Å². The fourth-order valence-corrected chi connectivity index (χ4v) is 4.17. The summed E-state index contributed by atoms with van der Waals surface area (Å²) < 4.78 is 0. The van der Waals surface area contributed by atoms with Gasteiger partial charge in [0.05, 0.1) is 5.92 Å². The van der Waals surface area contributed by atoms with Crippen molar-refractivity contribution in [2.45, 2.75) is 25.7 Å². The van der Waals surface area contributed by atoms with Crippen LogP contribution in [0.2, 0.25) is 5.02 Å². The highest BCUT2D eigenvalue weighted by Gasteiger charge is 2.33. The van der Waals surface area contributed by atoms with Crippen molar-refractivity contribution in [3.8, 4) is 0 Å². The van der Waals surface area contributed by atoms with E-state index >= 15 is 0 Å². The van der Waals surface area contributed by atoms with Crippen molar-refractivity contribution in [1.29, 1.82) is 0 Å². The molecule has 2 aliphatic heterocycles. The predicted molar refractivity (Wildman–Crippen MR) is 111 cm³/mol. The van der Waals surface area contributed by atoms with E-state index < -0.39 is 0 Å². The summed E-state index contributed by atoms with van der Waals surface area (Å²) in [6.07, 6.45) is 3.88. The number of piperidine rings is 2. The molecular formula is C20H29Cl2N3O2. The molecule has 1 aromatic carbocycles. The molecule has 2 aliphatic rings. The number of halogens is 2. The molecule has 1 unspecified atom stereocenters. The first-order chi connectivity index (χ1) is 12.6. The molecule has 0 aliphatic carbocycles. The molecule has 27 heavy (non-hydrogen) atoms. The van der Waals surface area contributed by atoms with E-state index in [-0.39, 0.29) is 30.1 Å². The second-order valence-electron chi connectivity index (χ2n) is 7.42. The molecule has 3 rings (SSSR count). The molecule has 2 heterocycles. The van der Waals surface area contributed by atoms with E-state index in [4.69, 9.17) is 11.6 Å². The summed E-state index contributed by atoms with van der Waals surface area (Å²) in [5.74, 6) is 0.813. The Morgan fingerprint density at radius 3 is 2.37 bits per heavy atom. The molecule has 1 aromatic rings. The largest absolute Gasteiger partial charge is 0.342 e. The summed E-state index contributed by atoms with van der Waals surface area (Å²) in [7, 11) is 1.98. The quantitative estimate of drug-likeness (QED) is 0.824. The standard InChI is InChI=1S/C20H28ClN3O2.ClH/c1-22-13-15-8-11-23(12-9-15)20(26)17-3-2-10-24(14-17)19(25)16-4-6-18(21)7-5-16;/h4-7,15,17,22H,2-3,8-14H2,1H3;1H. The summed E-state index contributed by atoms with van der Waals surface area (Å²) in [5.41, 5.74) is 0.635. The molecule has 0 bridgehead atoms. The molecule has 0 spiro atoms. The zero-order valence-corrected chi connectivity index (χ0v) is 17.4. The number of hydrogen-bond donors (Lipinski definition) is 1. The van der Waals surface area contributed by atoms with Crippen LogP contribution in [0.25, 0.3) is 0 Å². The number of likely N-dealkylation sites (tertiary alicyclic amines) is 2. The van der Waals surface area contributed by atoms with Crippen LogP contribution in [0.5, 0.6) is 0 Å². The summed E-state index contributed by atoms with van der Waals surface area (Å²) in [5, 5.41) is 3.85. The van der Waals surface area contributed by atoms with Crippen molar-refractivity contribution in [2.24, 2.45) is 11.8 Å². The predicted octanol–water partition coefficient (Wildman–Crippen LogP) is 3.07. The summed E-state index contributed by atoms with van der Waals surface area (Å²) in [6.45, 7) is 3.95. The van der Waals surface area contributed by atoms with Gasteiger partial charge in [0, 0.05) is 36.8 Å². The van der Waals surface area contributed by atoms with Crippen molar-refractivity contribution in [3.63, 3.8) is 0 Å². The molecule has 2 fully saturated rings. The zero-order chi connectivity index (χ0) is 18.5. The molecule has 2 amide bonds. The van der Waals surface area contributed by atoms with E-state index in [0.29, 0.717) is 23.0 Å². The summed E-state index contributed by atoms with van der Waals surface area (Å²) in [4.78, 5) is 29.5. The number of amides is 2. The van der Waals surface area contributed by atoms with E-state index in [1.165, 1.54) is 0 Å². The van der Waals surface area contributed by atoms with E-state index in [2.05, 4.69) is 5.32 Å². The van der Waals surface area contributed by atoms with Gasteiger partial charge in [-0.05, 0) is 69.5 Å². The average molecular weight is 414 g/mol. The minimum Gasteiger partial charge on any atom is -0.342 e. The zero-order valence-electron chi connectivity index (χ0n) is 15.8. The molecular weight excluding hydrogens is 385 g/mol. The van der Waals surface area contributed by atoms with Crippen LogP contribution in [-0.2, 0) is 4.79 Å². The van der Waals surface area contributed by atoms with Gasteiger partial charge in [-0.25, -0.2) is 0 Å². The third-order valence-electron chi connectivity index (χ3n) is 5.57. The molecule has 7 heteroatoms. The highest BCUT2D eigenvalue weighted by atomic mass is 35.5. The molecule has 0 radical (unpaired) electrons. The molecule has 0 saturated carbocycles. The van der Waals surface area contributed by atoms with E-state index in [9.17, 15) is 9.59 Å². The maximum atomic E-state index is 12.9. The number of nitrogens with zero attached hydrogens (tertiary/aromatic N) is 2. The molecule has 2 saturated heterocycles. The highest BCUT2D eigenvalue weighted by molar-refractivity contribution is 6.30. The van der Waals surface area contributed by atoms with Crippen molar-refractivity contribution in [3.05, 3.63) is 34.9 Å². The lowest BCUT2D eigenvalue weighted by molar-refractivity contribution is -0.138. The number of benzene rings is 1. The first kappa shape index (κ1) is 22.0. The average Bonchev–Trinajstić information content (AvgIpc) is 2.68.